The SMILES string of the molecule is O=C(O)CCCCCCCNC(=O)c1ccc(N2CCCCCC2)nc1. The van der Waals surface area contributed by atoms with Crippen LogP contribution in [0.3, 0.4) is 0 Å². The minimum atomic E-state index is -0.729. The van der Waals surface area contributed by atoms with Crippen LogP contribution in [0.15, 0.2) is 18.3 Å². The number of carbonyl (C=O) groups excluding carboxylic acids is 1. The van der Waals surface area contributed by atoms with E-state index in [-0.39, 0.29) is 12.3 Å². The molecule has 1 fully saturated rings. The molecule has 1 aliphatic rings. The van der Waals surface area contributed by atoms with Crippen molar-refractivity contribution in [1.29, 1.82) is 0 Å². The van der Waals surface area contributed by atoms with Crippen molar-refractivity contribution in [3.05, 3.63) is 23.9 Å². The highest BCUT2D eigenvalue weighted by Gasteiger charge is 2.12. The largest absolute Gasteiger partial charge is 0.481 e. The zero-order valence-electron chi connectivity index (χ0n) is 15.6. The monoisotopic (exact) mass is 361 g/mol. The van der Waals surface area contributed by atoms with Gasteiger partial charge in [-0.1, -0.05) is 32.1 Å². The normalized spacial score (nSPS) is 14.7. The molecule has 0 unspecified atom stereocenters. The predicted octanol–water partition coefficient (Wildman–Crippen LogP) is 3.62. The van der Waals surface area contributed by atoms with E-state index in [0.29, 0.717) is 12.1 Å². The highest BCUT2D eigenvalue weighted by molar-refractivity contribution is 5.94. The topological polar surface area (TPSA) is 82.5 Å². The summed E-state index contributed by atoms with van der Waals surface area (Å²) < 4.78 is 0. The maximum absolute atomic E-state index is 12.2. The quantitative estimate of drug-likeness (QED) is 0.622. The second-order valence-corrected chi connectivity index (χ2v) is 6.97. The average Bonchev–Trinajstić information content (AvgIpc) is 2.93. The number of anilines is 1. The third-order valence-electron chi connectivity index (χ3n) is 4.79. The molecule has 0 spiro atoms. The van der Waals surface area contributed by atoms with E-state index in [1.54, 1.807) is 6.20 Å². The summed E-state index contributed by atoms with van der Waals surface area (Å²) in [6.07, 6.45) is 11.5. The van der Waals surface area contributed by atoms with E-state index < -0.39 is 5.97 Å². The molecular weight excluding hydrogens is 330 g/mol. The van der Waals surface area contributed by atoms with Gasteiger partial charge in [-0.3, -0.25) is 9.59 Å². The molecule has 2 rings (SSSR count). The molecule has 6 nitrogen and oxygen atoms in total. The molecule has 2 N–H and O–H groups in total. The number of nitrogens with one attached hydrogen (secondary N) is 1. The summed E-state index contributed by atoms with van der Waals surface area (Å²) in [4.78, 5) is 29.4. The van der Waals surface area contributed by atoms with Crippen LogP contribution in [0.1, 0.15) is 74.6 Å². The molecule has 2 heterocycles. The lowest BCUT2D eigenvalue weighted by Crippen LogP contribution is -2.26. The summed E-state index contributed by atoms with van der Waals surface area (Å²) in [5.74, 6) is 0.156. The number of carboxylic acid groups (broad SMARTS) is 1. The molecule has 144 valence electrons. The van der Waals surface area contributed by atoms with Crippen molar-refractivity contribution in [3.63, 3.8) is 0 Å². The van der Waals surface area contributed by atoms with Crippen LogP contribution in [0, 0.1) is 0 Å². The highest BCUT2D eigenvalue weighted by atomic mass is 16.4. The number of rotatable bonds is 10. The Balaban J connectivity index is 1.63. The van der Waals surface area contributed by atoms with Crippen molar-refractivity contribution in [1.82, 2.24) is 10.3 Å². The number of nitrogens with zero attached hydrogens (tertiary/aromatic N) is 2. The first-order valence-electron chi connectivity index (χ1n) is 9.88. The van der Waals surface area contributed by atoms with Gasteiger partial charge in [0.1, 0.15) is 5.82 Å². The van der Waals surface area contributed by atoms with E-state index in [9.17, 15) is 9.59 Å². The van der Waals surface area contributed by atoms with Gasteiger partial charge in [0.25, 0.3) is 5.91 Å². The molecular formula is C20H31N3O3. The van der Waals surface area contributed by atoms with E-state index in [2.05, 4.69) is 15.2 Å². The Morgan fingerprint density at radius 1 is 1.00 bits per heavy atom. The molecule has 0 atom stereocenters. The van der Waals surface area contributed by atoms with E-state index in [4.69, 9.17) is 5.11 Å². The molecule has 0 aliphatic carbocycles. The van der Waals surface area contributed by atoms with E-state index >= 15 is 0 Å². The molecule has 0 aromatic carbocycles. The molecule has 0 radical (unpaired) electrons. The van der Waals surface area contributed by atoms with E-state index in [1.165, 1.54) is 25.7 Å². The van der Waals surface area contributed by atoms with Gasteiger partial charge < -0.3 is 15.3 Å². The van der Waals surface area contributed by atoms with Crippen LogP contribution in [-0.2, 0) is 4.79 Å². The fourth-order valence-electron chi connectivity index (χ4n) is 3.24. The number of carbonyl (C=O) groups is 2. The lowest BCUT2D eigenvalue weighted by Gasteiger charge is -2.21. The number of hydrogen-bond donors (Lipinski definition) is 2. The molecule has 0 bridgehead atoms. The van der Waals surface area contributed by atoms with E-state index in [0.717, 1.165) is 51.0 Å². The minimum Gasteiger partial charge on any atom is -0.481 e. The van der Waals surface area contributed by atoms with Gasteiger partial charge in [-0.15, -0.1) is 0 Å². The van der Waals surface area contributed by atoms with Gasteiger partial charge in [-0.2, -0.15) is 0 Å². The summed E-state index contributed by atoms with van der Waals surface area (Å²) in [7, 11) is 0. The average molecular weight is 361 g/mol. The van der Waals surface area contributed by atoms with Crippen LogP contribution in [0.5, 0.6) is 0 Å². The van der Waals surface area contributed by atoms with Gasteiger partial charge >= 0.3 is 5.97 Å². The predicted molar refractivity (Wildman–Crippen MR) is 103 cm³/mol. The molecule has 0 saturated carbocycles. The van der Waals surface area contributed by atoms with Gasteiger partial charge in [-0.05, 0) is 37.8 Å². The maximum Gasteiger partial charge on any atom is 0.303 e. The molecule has 1 aromatic rings. The number of carboxylic acids is 1. The number of hydrogen-bond acceptors (Lipinski definition) is 4. The molecule has 6 heteroatoms. The summed E-state index contributed by atoms with van der Waals surface area (Å²) in [5, 5.41) is 11.5. The van der Waals surface area contributed by atoms with Crippen LogP contribution in [0.25, 0.3) is 0 Å². The Kier molecular flexibility index (Phi) is 8.93. The zero-order valence-corrected chi connectivity index (χ0v) is 15.6. The van der Waals surface area contributed by atoms with Crippen LogP contribution in [0.2, 0.25) is 0 Å². The maximum atomic E-state index is 12.2. The van der Waals surface area contributed by atoms with Crippen molar-refractivity contribution in [2.45, 2.75) is 64.2 Å². The van der Waals surface area contributed by atoms with Crippen molar-refractivity contribution in [2.75, 3.05) is 24.5 Å². The molecule has 1 amide bonds. The number of unbranched alkanes of at least 4 members (excludes halogenated alkanes) is 4. The first-order chi connectivity index (χ1) is 12.7. The number of amides is 1. The fourth-order valence-corrected chi connectivity index (χ4v) is 3.24. The highest BCUT2D eigenvalue weighted by Crippen LogP contribution is 2.17. The van der Waals surface area contributed by atoms with Crippen molar-refractivity contribution in [2.24, 2.45) is 0 Å². The summed E-state index contributed by atoms with van der Waals surface area (Å²) in [6, 6.07) is 3.80. The first-order valence-corrected chi connectivity index (χ1v) is 9.88. The number of pyridine rings is 1. The van der Waals surface area contributed by atoms with Crippen molar-refractivity contribution in [3.8, 4) is 0 Å². The second kappa shape index (κ2) is 11.5. The Labute approximate surface area is 156 Å². The third-order valence-corrected chi connectivity index (χ3v) is 4.79. The molecule has 1 saturated heterocycles. The number of aliphatic carboxylic acids is 1. The van der Waals surface area contributed by atoms with E-state index in [1.807, 2.05) is 12.1 Å². The first kappa shape index (κ1) is 20.2. The van der Waals surface area contributed by atoms with Crippen molar-refractivity contribution < 1.29 is 14.7 Å². The van der Waals surface area contributed by atoms with Crippen LogP contribution in [-0.4, -0.2) is 41.6 Å². The zero-order chi connectivity index (χ0) is 18.6. The Hall–Kier alpha value is -2.11. The molecule has 26 heavy (non-hydrogen) atoms. The lowest BCUT2D eigenvalue weighted by molar-refractivity contribution is -0.137. The van der Waals surface area contributed by atoms with Crippen LogP contribution < -0.4 is 10.2 Å². The standard InChI is InChI=1S/C20H31N3O3/c24-19(25)10-6-2-1-3-7-13-21-20(26)17-11-12-18(22-16-17)23-14-8-4-5-9-15-23/h11-12,16H,1-10,13-15H2,(H,21,26)(H,24,25). The van der Waals surface area contributed by atoms with Gasteiger partial charge in [0.05, 0.1) is 5.56 Å². The number of aromatic nitrogens is 1. The fraction of sp³-hybridized carbons (Fsp3) is 0.650. The molecule has 1 aliphatic heterocycles. The van der Waals surface area contributed by atoms with Gasteiger partial charge in [0, 0.05) is 32.3 Å². The van der Waals surface area contributed by atoms with Crippen molar-refractivity contribution >= 4 is 17.7 Å². The van der Waals surface area contributed by atoms with Crippen LogP contribution >= 0.6 is 0 Å². The van der Waals surface area contributed by atoms with Gasteiger partial charge in [0.2, 0.25) is 0 Å². The Bertz CT molecular complexity index is 552. The summed E-state index contributed by atoms with van der Waals surface area (Å²) >= 11 is 0. The van der Waals surface area contributed by atoms with Gasteiger partial charge in [0.15, 0.2) is 0 Å². The van der Waals surface area contributed by atoms with Crippen LogP contribution in [0.4, 0.5) is 5.82 Å². The smallest absolute Gasteiger partial charge is 0.303 e. The van der Waals surface area contributed by atoms with Gasteiger partial charge in [-0.25, -0.2) is 4.98 Å². The lowest BCUT2D eigenvalue weighted by atomic mass is 10.1. The second-order valence-electron chi connectivity index (χ2n) is 6.97. The summed E-state index contributed by atoms with van der Waals surface area (Å²) in [5.41, 5.74) is 0.602. The Morgan fingerprint density at radius 2 is 1.69 bits per heavy atom. The Morgan fingerprint density at radius 3 is 2.35 bits per heavy atom. The molecule has 1 aromatic heterocycles. The minimum absolute atomic E-state index is 0.0780. The summed E-state index contributed by atoms with van der Waals surface area (Å²) in [6.45, 7) is 2.74. The third kappa shape index (κ3) is 7.42.